The highest BCUT2D eigenvalue weighted by molar-refractivity contribution is 6.31. The normalized spacial score (nSPS) is 17.9. The van der Waals surface area contributed by atoms with E-state index in [4.69, 9.17) is 11.6 Å². The highest BCUT2D eigenvalue weighted by atomic mass is 35.5. The van der Waals surface area contributed by atoms with Crippen LogP contribution in [-0.2, 0) is 11.3 Å². The van der Waals surface area contributed by atoms with Crippen LogP contribution >= 0.6 is 11.6 Å². The molecule has 0 bridgehead atoms. The molecule has 0 spiro atoms. The van der Waals surface area contributed by atoms with Crippen LogP contribution in [0.2, 0.25) is 5.02 Å². The highest BCUT2D eigenvalue weighted by Crippen LogP contribution is 2.32. The van der Waals surface area contributed by atoms with Gasteiger partial charge < -0.3 is 4.90 Å². The lowest BCUT2D eigenvalue weighted by Crippen LogP contribution is -2.28. The van der Waals surface area contributed by atoms with Crippen molar-refractivity contribution in [2.75, 3.05) is 13.1 Å². The van der Waals surface area contributed by atoms with E-state index in [1.54, 1.807) is 11.0 Å². The average molecular weight is 319 g/mol. The summed E-state index contributed by atoms with van der Waals surface area (Å²) in [5, 5.41) is 4.84. The lowest BCUT2D eigenvalue weighted by Gasteiger charge is -2.17. The molecule has 6 heteroatoms. The molecular weight excluding hydrogens is 300 g/mol. The molecule has 1 saturated heterocycles. The summed E-state index contributed by atoms with van der Waals surface area (Å²) in [6.45, 7) is 2.32. The number of hydrogen-bond donors (Lipinski definition) is 0. The molecule has 116 valence electrons. The number of aromatic nitrogens is 3. The molecule has 1 aliphatic rings. The van der Waals surface area contributed by atoms with Crippen LogP contribution in [-0.4, -0.2) is 38.7 Å². The average Bonchev–Trinajstić information content (AvgIpc) is 3.19. The molecule has 0 N–H and O–H groups in total. The van der Waals surface area contributed by atoms with Crippen LogP contribution in [0.3, 0.4) is 0 Å². The Morgan fingerprint density at radius 3 is 3.00 bits per heavy atom. The SMILES string of the molecule is O=C(CCCn1cncn1)N1CCC(c2ccccc2Cl)C1. The second-order valence-electron chi connectivity index (χ2n) is 5.61. The zero-order valence-corrected chi connectivity index (χ0v) is 13.1. The van der Waals surface area contributed by atoms with Crippen LogP contribution in [0.15, 0.2) is 36.9 Å². The highest BCUT2D eigenvalue weighted by Gasteiger charge is 2.27. The monoisotopic (exact) mass is 318 g/mol. The van der Waals surface area contributed by atoms with Gasteiger partial charge in [0.15, 0.2) is 0 Å². The van der Waals surface area contributed by atoms with Crippen molar-refractivity contribution in [2.45, 2.75) is 31.7 Å². The minimum atomic E-state index is 0.217. The number of benzene rings is 1. The van der Waals surface area contributed by atoms with E-state index in [-0.39, 0.29) is 5.91 Å². The van der Waals surface area contributed by atoms with Gasteiger partial charge in [-0.05, 0) is 24.5 Å². The van der Waals surface area contributed by atoms with E-state index in [1.807, 2.05) is 23.1 Å². The zero-order chi connectivity index (χ0) is 15.4. The first-order chi connectivity index (χ1) is 10.7. The van der Waals surface area contributed by atoms with Crippen LogP contribution in [0.1, 0.15) is 30.7 Å². The van der Waals surface area contributed by atoms with Gasteiger partial charge in [-0.1, -0.05) is 29.8 Å². The summed E-state index contributed by atoms with van der Waals surface area (Å²) in [5.41, 5.74) is 1.15. The Labute approximate surface area is 134 Å². The zero-order valence-electron chi connectivity index (χ0n) is 12.4. The molecule has 1 amide bonds. The van der Waals surface area contributed by atoms with Crippen molar-refractivity contribution in [3.63, 3.8) is 0 Å². The minimum absolute atomic E-state index is 0.217. The molecule has 1 aromatic heterocycles. The summed E-state index contributed by atoms with van der Waals surface area (Å²) in [6, 6.07) is 7.92. The van der Waals surface area contributed by atoms with E-state index < -0.39 is 0 Å². The van der Waals surface area contributed by atoms with Gasteiger partial charge in [-0.3, -0.25) is 9.48 Å². The van der Waals surface area contributed by atoms with E-state index in [9.17, 15) is 4.79 Å². The predicted octanol–water partition coefficient (Wildman–Crippen LogP) is 2.73. The van der Waals surface area contributed by atoms with E-state index in [1.165, 1.54) is 6.33 Å². The maximum Gasteiger partial charge on any atom is 0.222 e. The van der Waals surface area contributed by atoms with Gasteiger partial charge >= 0.3 is 0 Å². The Morgan fingerprint density at radius 2 is 2.23 bits per heavy atom. The molecule has 0 radical (unpaired) electrons. The van der Waals surface area contributed by atoms with E-state index in [0.29, 0.717) is 12.3 Å². The number of halogens is 1. The molecule has 0 aliphatic carbocycles. The third kappa shape index (κ3) is 3.47. The molecule has 22 heavy (non-hydrogen) atoms. The van der Waals surface area contributed by atoms with Gasteiger partial charge in [0.05, 0.1) is 0 Å². The van der Waals surface area contributed by atoms with Crippen molar-refractivity contribution >= 4 is 17.5 Å². The number of aryl methyl sites for hydroxylation is 1. The van der Waals surface area contributed by atoms with Gasteiger partial charge in [0, 0.05) is 37.0 Å². The van der Waals surface area contributed by atoms with Crippen LogP contribution < -0.4 is 0 Å². The topological polar surface area (TPSA) is 51.0 Å². The molecule has 3 rings (SSSR count). The third-order valence-corrected chi connectivity index (χ3v) is 4.47. The number of nitrogens with zero attached hydrogens (tertiary/aromatic N) is 4. The Kier molecular flexibility index (Phi) is 4.73. The lowest BCUT2D eigenvalue weighted by atomic mass is 9.98. The van der Waals surface area contributed by atoms with Crippen LogP contribution in [0, 0.1) is 0 Å². The summed E-state index contributed by atoms with van der Waals surface area (Å²) in [7, 11) is 0. The fourth-order valence-electron chi connectivity index (χ4n) is 2.95. The Bertz CT molecular complexity index is 629. The fourth-order valence-corrected chi connectivity index (χ4v) is 3.24. The maximum absolute atomic E-state index is 12.3. The maximum atomic E-state index is 12.3. The number of carbonyl (C=O) groups excluding carboxylic acids is 1. The summed E-state index contributed by atoms with van der Waals surface area (Å²) >= 11 is 6.25. The van der Waals surface area contributed by atoms with E-state index in [0.717, 1.165) is 43.1 Å². The molecule has 1 atom stereocenters. The van der Waals surface area contributed by atoms with Gasteiger partial charge in [0.2, 0.25) is 5.91 Å². The minimum Gasteiger partial charge on any atom is -0.342 e. The lowest BCUT2D eigenvalue weighted by molar-refractivity contribution is -0.130. The Hall–Kier alpha value is -1.88. The fraction of sp³-hybridized carbons (Fsp3) is 0.438. The first-order valence-corrected chi connectivity index (χ1v) is 7.96. The van der Waals surface area contributed by atoms with Crippen molar-refractivity contribution < 1.29 is 4.79 Å². The number of hydrogen-bond acceptors (Lipinski definition) is 3. The van der Waals surface area contributed by atoms with Gasteiger partial charge in [0.25, 0.3) is 0 Å². The van der Waals surface area contributed by atoms with Gasteiger partial charge in [-0.25, -0.2) is 4.98 Å². The van der Waals surface area contributed by atoms with Crippen molar-refractivity contribution in [3.05, 3.63) is 47.5 Å². The molecule has 2 aromatic rings. The van der Waals surface area contributed by atoms with Crippen molar-refractivity contribution in [1.29, 1.82) is 0 Å². The standard InChI is InChI=1S/C16H19ClN4O/c17-15-5-2-1-4-14(15)13-7-9-20(10-13)16(22)6-3-8-21-12-18-11-19-21/h1-2,4-5,11-13H,3,6-10H2. The summed E-state index contributed by atoms with van der Waals surface area (Å²) < 4.78 is 1.75. The Balaban J connectivity index is 1.49. The van der Waals surface area contributed by atoms with Crippen LogP contribution in [0.5, 0.6) is 0 Å². The summed E-state index contributed by atoms with van der Waals surface area (Å²) in [5.74, 6) is 0.572. The Morgan fingerprint density at radius 1 is 1.36 bits per heavy atom. The molecule has 1 unspecified atom stereocenters. The number of carbonyl (C=O) groups is 1. The van der Waals surface area contributed by atoms with Gasteiger partial charge in [0.1, 0.15) is 12.7 Å². The van der Waals surface area contributed by atoms with Gasteiger partial charge in [-0.15, -0.1) is 0 Å². The second-order valence-corrected chi connectivity index (χ2v) is 6.02. The molecule has 5 nitrogen and oxygen atoms in total. The molecule has 1 fully saturated rings. The molecular formula is C16H19ClN4O. The summed E-state index contributed by atoms with van der Waals surface area (Å²) in [6.07, 6.45) is 5.51. The quantitative estimate of drug-likeness (QED) is 0.851. The summed E-state index contributed by atoms with van der Waals surface area (Å²) in [4.78, 5) is 18.1. The second kappa shape index (κ2) is 6.92. The van der Waals surface area contributed by atoms with Crippen LogP contribution in [0.4, 0.5) is 0 Å². The molecule has 1 aromatic carbocycles. The molecule has 0 saturated carbocycles. The van der Waals surface area contributed by atoms with Crippen molar-refractivity contribution in [3.8, 4) is 0 Å². The first-order valence-electron chi connectivity index (χ1n) is 7.58. The predicted molar refractivity (Wildman–Crippen MR) is 84.6 cm³/mol. The number of amides is 1. The third-order valence-electron chi connectivity index (χ3n) is 4.13. The van der Waals surface area contributed by atoms with Crippen molar-refractivity contribution in [1.82, 2.24) is 19.7 Å². The number of rotatable bonds is 5. The first kappa shape index (κ1) is 15.0. The van der Waals surface area contributed by atoms with Crippen LogP contribution in [0.25, 0.3) is 0 Å². The van der Waals surface area contributed by atoms with E-state index >= 15 is 0 Å². The smallest absolute Gasteiger partial charge is 0.222 e. The molecule has 1 aliphatic heterocycles. The molecule has 2 heterocycles. The largest absolute Gasteiger partial charge is 0.342 e. The van der Waals surface area contributed by atoms with E-state index in [2.05, 4.69) is 16.1 Å². The number of likely N-dealkylation sites (tertiary alicyclic amines) is 1. The van der Waals surface area contributed by atoms with Crippen molar-refractivity contribution in [2.24, 2.45) is 0 Å². The van der Waals surface area contributed by atoms with Gasteiger partial charge in [-0.2, -0.15) is 5.10 Å².